The second kappa shape index (κ2) is 8.42. The average Bonchev–Trinajstić information content (AvgIpc) is 2.79. The number of hydrogen-bond donors (Lipinski definition) is 2. The van der Waals surface area contributed by atoms with Crippen LogP contribution in [0.3, 0.4) is 0 Å². The molecule has 2 heterocycles. The Balaban J connectivity index is 1.62. The predicted octanol–water partition coefficient (Wildman–Crippen LogP) is 6.10. The summed E-state index contributed by atoms with van der Waals surface area (Å²) in [6.07, 6.45) is 0. The standard InChI is InChI=1S/C24H15Cl2N5O/c25-15-10-11-19-17(12-15)22(14-6-2-1-3-7-14)30-24(27-19)31-23-28-20(13-21(32)29-23)16-8-4-5-9-18(16)26/h1-13H,(H2,27,28,29,30,31,32). The highest BCUT2D eigenvalue weighted by Crippen LogP contribution is 2.30. The summed E-state index contributed by atoms with van der Waals surface area (Å²) in [7, 11) is 0. The first-order valence-electron chi connectivity index (χ1n) is 9.73. The van der Waals surface area contributed by atoms with Crippen LogP contribution in [0, 0.1) is 0 Å². The highest BCUT2D eigenvalue weighted by molar-refractivity contribution is 6.33. The number of aromatic amines is 1. The van der Waals surface area contributed by atoms with Crippen LogP contribution in [0.25, 0.3) is 33.4 Å². The van der Waals surface area contributed by atoms with E-state index in [-0.39, 0.29) is 17.5 Å². The van der Waals surface area contributed by atoms with Gasteiger partial charge < -0.3 is 0 Å². The second-order valence-electron chi connectivity index (χ2n) is 7.01. The number of fused-ring (bicyclic) bond motifs is 1. The molecule has 0 fully saturated rings. The van der Waals surface area contributed by atoms with Crippen molar-refractivity contribution >= 4 is 46.0 Å². The van der Waals surface area contributed by atoms with Crippen molar-refractivity contribution in [3.05, 3.63) is 99.3 Å². The Hall–Kier alpha value is -3.74. The number of nitrogens with zero attached hydrogens (tertiary/aromatic N) is 3. The van der Waals surface area contributed by atoms with E-state index in [4.69, 9.17) is 23.2 Å². The van der Waals surface area contributed by atoms with E-state index in [1.807, 2.05) is 54.6 Å². The molecule has 0 radical (unpaired) electrons. The van der Waals surface area contributed by atoms with Crippen LogP contribution in [0.5, 0.6) is 0 Å². The van der Waals surface area contributed by atoms with Crippen LogP contribution in [-0.2, 0) is 0 Å². The molecule has 0 aliphatic carbocycles. The van der Waals surface area contributed by atoms with Gasteiger partial charge in [0.05, 0.1) is 16.9 Å². The summed E-state index contributed by atoms with van der Waals surface area (Å²) in [6, 6.07) is 23.8. The van der Waals surface area contributed by atoms with Gasteiger partial charge in [0.15, 0.2) is 0 Å². The Bertz CT molecular complexity index is 1500. The van der Waals surface area contributed by atoms with E-state index in [1.165, 1.54) is 6.07 Å². The van der Waals surface area contributed by atoms with Crippen molar-refractivity contribution in [2.24, 2.45) is 0 Å². The van der Waals surface area contributed by atoms with Gasteiger partial charge in [-0.15, -0.1) is 0 Å². The Labute approximate surface area is 192 Å². The van der Waals surface area contributed by atoms with Crippen molar-refractivity contribution in [2.75, 3.05) is 5.32 Å². The maximum absolute atomic E-state index is 12.3. The van der Waals surface area contributed by atoms with Crippen molar-refractivity contribution in [3.8, 4) is 22.5 Å². The van der Waals surface area contributed by atoms with Crippen LogP contribution in [-0.4, -0.2) is 19.9 Å². The highest BCUT2D eigenvalue weighted by Gasteiger charge is 2.13. The predicted molar refractivity (Wildman–Crippen MR) is 129 cm³/mol. The number of aromatic nitrogens is 4. The van der Waals surface area contributed by atoms with Crippen molar-refractivity contribution < 1.29 is 0 Å². The van der Waals surface area contributed by atoms with Gasteiger partial charge >= 0.3 is 0 Å². The van der Waals surface area contributed by atoms with E-state index in [9.17, 15) is 4.79 Å². The SMILES string of the molecule is O=c1cc(-c2ccccc2Cl)nc(Nc2nc(-c3ccccc3)c3cc(Cl)ccc3n2)[nH]1. The molecule has 0 aliphatic rings. The largest absolute Gasteiger partial charge is 0.294 e. The molecule has 5 rings (SSSR count). The van der Waals surface area contributed by atoms with Gasteiger partial charge in [-0.25, -0.2) is 15.0 Å². The fourth-order valence-electron chi connectivity index (χ4n) is 3.40. The molecular formula is C24H15Cl2N5O. The Morgan fingerprint density at radius 3 is 2.41 bits per heavy atom. The van der Waals surface area contributed by atoms with Crippen LogP contribution < -0.4 is 10.9 Å². The fraction of sp³-hybridized carbons (Fsp3) is 0. The summed E-state index contributed by atoms with van der Waals surface area (Å²) in [4.78, 5) is 28.7. The third kappa shape index (κ3) is 4.06. The Morgan fingerprint density at radius 2 is 1.59 bits per heavy atom. The van der Waals surface area contributed by atoms with Crippen molar-refractivity contribution in [3.63, 3.8) is 0 Å². The van der Waals surface area contributed by atoms with Gasteiger partial charge in [0.1, 0.15) is 0 Å². The maximum Gasteiger partial charge on any atom is 0.252 e. The highest BCUT2D eigenvalue weighted by atomic mass is 35.5. The summed E-state index contributed by atoms with van der Waals surface area (Å²) in [5, 5.41) is 4.94. The molecule has 0 amide bonds. The van der Waals surface area contributed by atoms with Gasteiger partial charge in [0.25, 0.3) is 5.56 Å². The van der Waals surface area contributed by atoms with E-state index in [0.717, 1.165) is 10.9 Å². The zero-order valence-electron chi connectivity index (χ0n) is 16.5. The first-order chi connectivity index (χ1) is 15.6. The molecule has 0 unspecified atom stereocenters. The van der Waals surface area contributed by atoms with Crippen LogP contribution in [0.1, 0.15) is 0 Å². The number of hydrogen-bond acceptors (Lipinski definition) is 5. The minimum atomic E-state index is -0.326. The minimum absolute atomic E-state index is 0.208. The van der Waals surface area contributed by atoms with Crippen molar-refractivity contribution in [1.82, 2.24) is 19.9 Å². The third-order valence-corrected chi connectivity index (χ3v) is 5.39. The monoisotopic (exact) mass is 459 g/mol. The minimum Gasteiger partial charge on any atom is -0.294 e. The first-order valence-corrected chi connectivity index (χ1v) is 10.5. The van der Waals surface area contributed by atoms with Crippen molar-refractivity contribution in [2.45, 2.75) is 0 Å². The molecular weight excluding hydrogens is 445 g/mol. The zero-order chi connectivity index (χ0) is 22.1. The molecule has 0 spiro atoms. The summed E-state index contributed by atoms with van der Waals surface area (Å²) in [6.45, 7) is 0. The molecule has 0 bridgehead atoms. The number of anilines is 2. The smallest absolute Gasteiger partial charge is 0.252 e. The molecule has 3 aromatic carbocycles. The lowest BCUT2D eigenvalue weighted by atomic mass is 10.1. The maximum atomic E-state index is 12.3. The molecule has 8 heteroatoms. The van der Waals surface area contributed by atoms with Crippen LogP contribution in [0.15, 0.2) is 83.7 Å². The average molecular weight is 460 g/mol. The molecule has 5 aromatic rings. The van der Waals surface area contributed by atoms with Crippen LogP contribution in [0.2, 0.25) is 10.0 Å². The second-order valence-corrected chi connectivity index (χ2v) is 7.85. The van der Waals surface area contributed by atoms with Gasteiger partial charge in [0.2, 0.25) is 11.9 Å². The van der Waals surface area contributed by atoms with E-state index < -0.39 is 0 Å². The quantitative estimate of drug-likeness (QED) is 0.339. The molecule has 2 N–H and O–H groups in total. The summed E-state index contributed by atoms with van der Waals surface area (Å²) >= 11 is 12.5. The van der Waals surface area contributed by atoms with Gasteiger partial charge in [-0.1, -0.05) is 71.7 Å². The number of halogens is 2. The molecule has 0 atom stereocenters. The summed E-state index contributed by atoms with van der Waals surface area (Å²) < 4.78 is 0. The van der Waals surface area contributed by atoms with E-state index in [1.54, 1.807) is 18.2 Å². The Morgan fingerprint density at radius 1 is 0.812 bits per heavy atom. The molecule has 2 aromatic heterocycles. The first kappa shape index (κ1) is 20.2. The lowest BCUT2D eigenvalue weighted by molar-refractivity contribution is 1.10. The topological polar surface area (TPSA) is 83.6 Å². The van der Waals surface area contributed by atoms with Gasteiger partial charge in [0, 0.05) is 32.6 Å². The lowest BCUT2D eigenvalue weighted by Crippen LogP contribution is -2.12. The van der Waals surface area contributed by atoms with E-state index >= 15 is 0 Å². The molecule has 0 saturated heterocycles. The number of nitrogens with one attached hydrogen (secondary N) is 2. The molecule has 0 saturated carbocycles. The Kier molecular flexibility index (Phi) is 5.31. The third-order valence-electron chi connectivity index (χ3n) is 4.83. The zero-order valence-corrected chi connectivity index (χ0v) is 18.0. The van der Waals surface area contributed by atoms with E-state index in [2.05, 4.69) is 25.3 Å². The number of rotatable bonds is 4. The fourth-order valence-corrected chi connectivity index (χ4v) is 3.81. The van der Waals surface area contributed by atoms with Gasteiger partial charge in [-0.3, -0.25) is 15.1 Å². The summed E-state index contributed by atoms with van der Waals surface area (Å²) in [5.74, 6) is 0.498. The van der Waals surface area contributed by atoms with Gasteiger partial charge in [-0.05, 0) is 24.3 Å². The molecule has 32 heavy (non-hydrogen) atoms. The lowest BCUT2D eigenvalue weighted by Gasteiger charge is -2.11. The number of benzene rings is 3. The number of H-pyrrole nitrogens is 1. The van der Waals surface area contributed by atoms with Crippen LogP contribution >= 0.6 is 23.2 Å². The molecule has 0 aliphatic heterocycles. The van der Waals surface area contributed by atoms with Crippen LogP contribution in [0.4, 0.5) is 11.9 Å². The van der Waals surface area contributed by atoms with E-state index in [0.29, 0.717) is 32.5 Å². The molecule has 6 nitrogen and oxygen atoms in total. The molecule has 156 valence electrons. The normalized spacial score (nSPS) is 10.9. The summed E-state index contributed by atoms with van der Waals surface area (Å²) in [5.41, 5.74) is 3.10. The van der Waals surface area contributed by atoms with Gasteiger partial charge in [-0.2, -0.15) is 0 Å². The van der Waals surface area contributed by atoms with Crippen molar-refractivity contribution in [1.29, 1.82) is 0 Å².